The third kappa shape index (κ3) is 3.03. The number of carboxylic acid groups (broad SMARTS) is 1. The predicted molar refractivity (Wildman–Crippen MR) is 73.2 cm³/mol. The Morgan fingerprint density at radius 3 is 2.94 bits per heavy atom. The fourth-order valence-corrected chi connectivity index (χ4v) is 4.22. The second-order valence-electron chi connectivity index (χ2n) is 4.43. The number of hydrogen-bond donors (Lipinski definition) is 1. The van der Waals surface area contributed by atoms with Gasteiger partial charge in [0.15, 0.2) is 0 Å². The molecule has 0 aliphatic carbocycles. The van der Waals surface area contributed by atoms with Crippen LogP contribution in [0.1, 0.15) is 26.5 Å². The van der Waals surface area contributed by atoms with Crippen molar-refractivity contribution in [3.05, 3.63) is 21.4 Å². The molecular weight excluding hydrogens is 254 g/mol. The predicted octanol–water partition coefficient (Wildman–Crippen LogP) is 2.69. The number of carboxylic acids is 1. The van der Waals surface area contributed by atoms with Crippen LogP contribution in [0.4, 0.5) is 0 Å². The molecular formula is C12H17NO2S2. The molecule has 1 saturated heterocycles. The zero-order valence-electron chi connectivity index (χ0n) is 10.1. The smallest absolute Gasteiger partial charge is 0.345 e. The number of thiophene rings is 1. The van der Waals surface area contributed by atoms with Crippen LogP contribution in [0.2, 0.25) is 0 Å². The maximum absolute atomic E-state index is 10.9. The highest BCUT2D eigenvalue weighted by molar-refractivity contribution is 7.99. The molecule has 0 bridgehead atoms. The molecule has 17 heavy (non-hydrogen) atoms. The Bertz CT molecular complexity index is 411. The molecule has 1 aromatic heterocycles. The van der Waals surface area contributed by atoms with Crippen molar-refractivity contribution in [1.29, 1.82) is 0 Å². The summed E-state index contributed by atoms with van der Waals surface area (Å²) in [7, 11) is 2.13. The molecule has 1 aliphatic heterocycles. The van der Waals surface area contributed by atoms with Crippen molar-refractivity contribution in [1.82, 2.24) is 4.90 Å². The number of carbonyl (C=O) groups is 1. The Morgan fingerprint density at radius 2 is 2.41 bits per heavy atom. The fraction of sp³-hybridized carbons (Fsp3) is 0.583. The third-order valence-electron chi connectivity index (χ3n) is 3.18. The lowest BCUT2D eigenvalue weighted by atomic mass is 10.2. The fourth-order valence-electron chi connectivity index (χ4n) is 2.05. The Hall–Kier alpha value is -0.520. The van der Waals surface area contributed by atoms with Crippen LogP contribution in [-0.4, -0.2) is 40.6 Å². The van der Waals surface area contributed by atoms with Gasteiger partial charge >= 0.3 is 5.97 Å². The molecule has 1 N–H and O–H groups in total. The Balaban J connectivity index is 2.04. The van der Waals surface area contributed by atoms with Gasteiger partial charge < -0.3 is 5.11 Å². The SMILES string of the molecule is Cc1sc(C(=O)O)cc1CN(C)C1CCSC1. The highest BCUT2D eigenvalue weighted by atomic mass is 32.2. The second-order valence-corrected chi connectivity index (χ2v) is 6.84. The Kier molecular flexibility index (Phi) is 4.12. The highest BCUT2D eigenvalue weighted by Crippen LogP contribution is 2.26. The summed E-state index contributed by atoms with van der Waals surface area (Å²) < 4.78 is 0. The van der Waals surface area contributed by atoms with Gasteiger partial charge in [0.25, 0.3) is 0 Å². The van der Waals surface area contributed by atoms with E-state index in [-0.39, 0.29) is 0 Å². The summed E-state index contributed by atoms with van der Waals surface area (Å²) in [6, 6.07) is 2.47. The molecule has 0 amide bonds. The van der Waals surface area contributed by atoms with E-state index in [0.29, 0.717) is 10.9 Å². The number of aromatic carboxylic acids is 1. The van der Waals surface area contributed by atoms with Gasteiger partial charge in [0.1, 0.15) is 4.88 Å². The number of nitrogens with zero attached hydrogens (tertiary/aromatic N) is 1. The molecule has 0 saturated carbocycles. The molecule has 1 atom stereocenters. The zero-order chi connectivity index (χ0) is 12.4. The summed E-state index contributed by atoms with van der Waals surface area (Å²) >= 11 is 3.38. The van der Waals surface area contributed by atoms with Gasteiger partial charge in [-0.2, -0.15) is 11.8 Å². The number of thioether (sulfide) groups is 1. The van der Waals surface area contributed by atoms with Crippen LogP contribution in [-0.2, 0) is 6.54 Å². The van der Waals surface area contributed by atoms with Gasteiger partial charge in [0.2, 0.25) is 0 Å². The first-order valence-electron chi connectivity index (χ1n) is 5.68. The topological polar surface area (TPSA) is 40.5 Å². The largest absolute Gasteiger partial charge is 0.477 e. The highest BCUT2D eigenvalue weighted by Gasteiger charge is 2.21. The van der Waals surface area contributed by atoms with Gasteiger partial charge in [-0.1, -0.05) is 0 Å². The van der Waals surface area contributed by atoms with Crippen molar-refractivity contribution in [2.24, 2.45) is 0 Å². The zero-order valence-corrected chi connectivity index (χ0v) is 11.7. The minimum Gasteiger partial charge on any atom is -0.477 e. The lowest BCUT2D eigenvalue weighted by Crippen LogP contribution is -2.30. The lowest BCUT2D eigenvalue weighted by molar-refractivity contribution is 0.0702. The van der Waals surface area contributed by atoms with Crippen LogP contribution in [0, 0.1) is 6.92 Å². The molecule has 94 valence electrons. The number of aryl methyl sites for hydroxylation is 1. The monoisotopic (exact) mass is 271 g/mol. The van der Waals surface area contributed by atoms with E-state index in [0.717, 1.165) is 17.0 Å². The average molecular weight is 271 g/mol. The van der Waals surface area contributed by atoms with Gasteiger partial charge in [0.05, 0.1) is 0 Å². The van der Waals surface area contributed by atoms with E-state index in [1.807, 2.05) is 24.8 Å². The van der Waals surface area contributed by atoms with Crippen molar-refractivity contribution in [3.63, 3.8) is 0 Å². The van der Waals surface area contributed by atoms with Crippen LogP contribution < -0.4 is 0 Å². The Labute approximate surface area is 110 Å². The molecule has 1 unspecified atom stereocenters. The molecule has 0 aromatic carbocycles. The van der Waals surface area contributed by atoms with Crippen molar-refractivity contribution < 1.29 is 9.90 Å². The number of hydrogen-bond acceptors (Lipinski definition) is 4. The van der Waals surface area contributed by atoms with Crippen molar-refractivity contribution >= 4 is 29.1 Å². The van der Waals surface area contributed by atoms with E-state index < -0.39 is 5.97 Å². The van der Waals surface area contributed by atoms with Crippen molar-refractivity contribution in [2.45, 2.75) is 25.9 Å². The summed E-state index contributed by atoms with van der Waals surface area (Å²) in [6.07, 6.45) is 1.25. The maximum Gasteiger partial charge on any atom is 0.345 e. The van der Waals surface area contributed by atoms with Crippen LogP contribution in [0.5, 0.6) is 0 Å². The lowest BCUT2D eigenvalue weighted by Gasteiger charge is -2.23. The van der Waals surface area contributed by atoms with Crippen LogP contribution in [0.25, 0.3) is 0 Å². The molecule has 2 rings (SSSR count). The minimum atomic E-state index is -0.816. The molecule has 1 fully saturated rings. The van der Waals surface area contributed by atoms with Gasteiger partial charge in [-0.15, -0.1) is 11.3 Å². The molecule has 0 spiro atoms. The maximum atomic E-state index is 10.9. The van der Waals surface area contributed by atoms with Crippen LogP contribution >= 0.6 is 23.1 Å². The first-order valence-corrected chi connectivity index (χ1v) is 7.65. The summed E-state index contributed by atoms with van der Waals surface area (Å²) in [6.45, 7) is 2.87. The van der Waals surface area contributed by atoms with Gasteiger partial charge in [-0.25, -0.2) is 4.79 Å². The van der Waals surface area contributed by atoms with Gasteiger partial charge in [-0.3, -0.25) is 4.90 Å². The van der Waals surface area contributed by atoms with Crippen molar-refractivity contribution in [2.75, 3.05) is 18.6 Å². The molecule has 3 nitrogen and oxygen atoms in total. The Morgan fingerprint density at radius 1 is 1.65 bits per heavy atom. The van der Waals surface area contributed by atoms with Gasteiger partial charge in [-0.05, 0) is 37.8 Å². The number of rotatable bonds is 4. The van der Waals surface area contributed by atoms with E-state index in [4.69, 9.17) is 5.11 Å². The summed E-state index contributed by atoms with van der Waals surface area (Å²) in [5.41, 5.74) is 1.16. The van der Waals surface area contributed by atoms with E-state index in [1.54, 1.807) is 0 Å². The molecule has 2 heterocycles. The quantitative estimate of drug-likeness (QED) is 0.914. The minimum absolute atomic E-state index is 0.451. The average Bonchev–Trinajstić information content (AvgIpc) is 2.88. The van der Waals surface area contributed by atoms with Crippen LogP contribution in [0.15, 0.2) is 6.07 Å². The second kappa shape index (κ2) is 5.42. The van der Waals surface area contributed by atoms with E-state index in [1.165, 1.54) is 29.3 Å². The first-order chi connectivity index (χ1) is 8.08. The van der Waals surface area contributed by atoms with E-state index in [2.05, 4.69) is 11.9 Å². The van der Waals surface area contributed by atoms with E-state index in [9.17, 15) is 4.79 Å². The summed E-state index contributed by atoms with van der Waals surface area (Å²) in [5.74, 6) is 1.63. The molecule has 5 heteroatoms. The summed E-state index contributed by atoms with van der Waals surface area (Å²) in [4.78, 5) is 14.8. The first kappa shape index (κ1) is 12.9. The molecule has 1 aromatic rings. The third-order valence-corrected chi connectivity index (χ3v) is 5.41. The van der Waals surface area contributed by atoms with Gasteiger partial charge in [0, 0.05) is 23.2 Å². The normalized spacial score (nSPS) is 20.1. The van der Waals surface area contributed by atoms with E-state index >= 15 is 0 Å². The standard InChI is InChI=1S/C12H17NO2S2/c1-8-9(5-11(17-8)12(14)15)6-13(2)10-3-4-16-7-10/h5,10H,3-4,6-7H2,1-2H3,(H,14,15). The van der Waals surface area contributed by atoms with Crippen LogP contribution in [0.3, 0.4) is 0 Å². The summed E-state index contributed by atoms with van der Waals surface area (Å²) in [5, 5.41) is 8.96. The van der Waals surface area contributed by atoms with Crippen molar-refractivity contribution in [3.8, 4) is 0 Å². The molecule has 1 aliphatic rings. The molecule has 0 radical (unpaired) electrons.